The molecule has 0 fully saturated rings. The van der Waals surface area contributed by atoms with Gasteiger partial charge in [-0.2, -0.15) is 9.61 Å². The lowest BCUT2D eigenvalue weighted by molar-refractivity contribution is 0.614. The maximum Gasteiger partial charge on any atom is 0.274 e. The first kappa shape index (κ1) is 13.8. The van der Waals surface area contributed by atoms with Crippen LogP contribution in [0.3, 0.4) is 0 Å². The molecule has 2 aromatic rings. The molecule has 0 aliphatic rings. The van der Waals surface area contributed by atoms with Crippen molar-refractivity contribution in [2.45, 2.75) is 39.0 Å². The molecule has 0 atom stereocenters. The van der Waals surface area contributed by atoms with Gasteiger partial charge in [-0.1, -0.05) is 13.8 Å². The molecule has 0 aromatic carbocycles. The summed E-state index contributed by atoms with van der Waals surface area (Å²) < 4.78 is 3.50. The van der Waals surface area contributed by atoms with Crippen LogP contribution in [0.2, 0.25) is 0 Å². The van der Waals surface area contributed by atoms with Gasteiger partial charge in [0, 0.05) is 37.2 Å². The van der Waals surface area contributed by atoms with Crippen LogP contribution in [0.1, 0.15) is 44.0 Å². The summed E-state index contributed by atoms with van der Waals surface area (Å²) in [4.78, 5) is 12.1. The Hall–Kier alpha value is -1.62. The van der Waals surface area contributed by atoms with Gasteiger partial charge in [0.15, 0.2) is 0 Å². The number of aryl methyl sites for hydroxylation is 1. The molecule has 0 spiro atoms. The van der Waals surface area contributed by atoms with E-state index < -0.39 is 0 Å². The Morgan fingerprint density at radius 3 is 2.58 bits per heavy atom. The maximum absolute atomic E-state index is 12.1. The standard InChI is InChI=1S/C14H22N4O/c1-4-10(5-2)12-9-13-17(3)11(6-7-15)8-14(19)18(13)16-12/h8-10H,4-7,15H2,1-3H3. The zero-order valence-corrected chi connectivity index (χ0v) is 11.9. The Morgan fingerprint density at radius 2 is 2.00 bits per heavy atom. The van der Waals surface area contributed by atoms with E-state index in [4.69, 9.17) is 5.73 Å². The first-order valence-corrected chi connectivity index (χ1v) is 6.91. The zero-order valence-electron chi connectivity index (χ0n) is 11.9. The van der Waals surface area contributed by atoms with E-state index in [9.17, 15) is 4.79 Å². The SMILES string of the molecule is CCC(CC)c1cc2n(C)c(CCN)cc(=O)n2n1. The molecule has 0 radical (unpaired) electrons. The molecule has 0 bridgehead atoms. The quantitative estimate of drug-likeness (QED) is 0.886. The summed E-state index contributed by atoms with van der Waals surface area (Å²) in [6.45, 7) is 4.84. The van der Waals surface area contributed by atoms with E-state index in [0.717, 1.165) is 29.9 Å². The lowest BCUT2D eigenvalue weighted by atomic mass is 10.00. The summed E-state index contributed by atoms with van der Waals surface area (Å²) >= 11 is 0. The first-order valence-electron chi connectivity index (χ1n) is 6.91. The monoisotopic (exact) mass is 262 g/mol. The van der Waals surface area contributed by atoms with Crippen LogP contribution < -0.4 is 11.3 Å². The molecule has 2 N–H and O–H groups in total. The lowest BCUT2D eigenvalue weighted by Gasteiger charge is -2.08. The van der Waals surface area contributed by atoms with Crippen molar-refractivity contribution in [3.63, 3.8) is 0 Å². The minimum Gasteiger partial charge on any atom is -0.333 e. The van der Waals surface area contributed by atoms with Gasteiger partial charge in [0.1, 0.15) is 5.65 Å². The van der Waals surface area contributed by atoms with Crippen molar-refractivity contribution in [2.24, 2.45) is 12.8 Å². The van der Waals surface area contributed by atoms with Gasteiger partial charge < -0.3 is 10.3 Å². The average Bonchev–Trinajstić information content (AvgIpc) is 2.83. The average molecular weight is 262 g/mol. The van der Waals surface area contributed by atoms with E-state index in [1.165, 1.54) is 4.52 Å². The smallest absolute Gasteiger partial charge is 0.274 e. The van der Waals surface area contributed by atoms with Crippen LogP contribution >= 0.6 is 0 Å². The van der Waals surface area contributed by atoms with Crippen molar-refractivity contribution in [3.8, 4) is 0 Å². The number of fused-ring (bicyclic) bond motifs is 1. The molecule has 104 valence electrons. The highest BCUT2D eigenvalue weighted by atomic mass is 16.1. The second-order valence-corrected chi connectivity index (χ2v) is 4.92. The summed E-state index contributed by atoms with van der Waals surface area (Å²) in [7, 11) is 1.96. The molecule has 5 heteroatoms. The van der Waals surface area contributed by atoms with Crippen LogP contribution in [-0.4, -0.2) is 20.7 Å². The van der Waals surface area contributed by atoms with Gasteiger partial charge in [-0.25, -0.2) is 0 Å². The zero-order chi connectivity index (χ0) is 14.0. The van der Waals surface area contributed by atoms with Gasteiger partial charge in [0.2, 0.25) is 0 Å². The maximum atomic E-state index is 12.1. The van der Waals surface area contributed by atoms with Gasteiger partial charge in [-0.3, -0.25) is 4.79 Å². The third-order valence-electron chi connectivity index (χ3n) is 3.79. The molecule has 0 saturated carbocycles. The number of nitrogens with two attached hydrogens (primary N) is 1. The van der Waals surface area contributed by atoms with Gasteiger partial charge in [0.25, 0.3) is 5.56 Å². The van der Waals surface area contributed by atoms with Crippen molar-refractivity contribution in [1.82, 2.24) is 14.2 Å². The molecule has 0 amide bonds. The Bertz CT molecular complexity index is 622. The van der Waals surface area contributed by atoms with E-state index in [-0.39, 0.29) is 5.56 Å². The second-order valence-electron chi connectivity index (χ2n) is 4.92. The van der Waals surface area contributed by atoms with Gasteiger partial charge in [-0.15, -0.1) is 0 Å². The summed E-state index contributed by atoms with van der Waals surface area (Å²) in [6.07, 6.45) is 2.77. The summed E-state index contributed by atoms with van der Waals surface area (Å²) in [6, 6.07) is 3.66. The van der Waals surface area contributed by atoms with Crippen LogP contribution in [0.15, 0.2) is 16.9 Å². The Labute approximate surface area is 113 Å². The van der Waals surface area contributed by atoms with Gasteiger partial charge >= 0.3 is 0 Å². The third kappa shape index (κ3) is 2.42. The molecule has 0 aliphatic heterocycles. The van der Waals surface area contributed by atoms with Crippen molar-refractivity contribution < 1.29 is 0 Å². The minimum absolute atomic E-state index is 0.0752. The fourth-order valence-corrected chi connectivity index (χ4v) is 2.53. The fourth-order valence-electron chi connectivity index (χ4n) is 2.53. The molecule has 19 heavy (non-hydrogen) atoms. The number of aromatic nitrogens is 3. The molecular weight excluding hydrogens is 240 g/mol. The molecule has 0 unspecified atom stereocenters. The second kappa shape index (κ2) is 5.57. The predicted octanol–water partition coefficient (Wildman–Crippen LogP) is 1.44. The van der Waals surface area contributed by atoms with E-state index in [2.05, 4.69) is 18.9 Å². The normalized spacial score (nSPS) is 11.6. The first-order chi connectivity index (χ1) is 9.12. The predicted molar refractivity (Wildman–Crippen MR) is 76.5 cm³/mol. The Morgan fingerprint density at radius 1 is 1.32 bits per heavy atom. The Kier molecular flexibility index (Phi) is 4.04. The van der Waals surface area contributed by atoms with Crippen molar-refractivity contribution >= 4 is 5.65 Å². The van der Waals surface area contributed by atoms with Crippen LogP contribution in [-0.2, 0) is 13.5 Å². The molecule has 5 nitrogen and oxygen atoms in total. The topological polar surface area (TPSA) is 65.3 Å². The molecule has 0 aliphatic carbocycles. The van der Waals surface area contributed by atoms with Crippen LogP contribution in [0.5, 0.6) is 0 Å². The highest BCUT2D eigenvalue weighted by Crippen LogP contribution is 2.22. The van der Waals surface area contributed by atoms with Crippen LogP contribution in [0.25, 0.3) is 5.65 Å². The van der Waals surface area contributed by atoms with Gasteiger partial charge in [-0.05, 0) is 19.4 Å². The van der Waals surface area contributed by atoms with Crippen LogP contribution in [0.4, 0.5) is 0 Å². The van der Waals surface area contributed by atoms with Gasteiger partial charge in [0.05, 0.1) is 5.69 Å². The third-order valence-corrected chi connectivity index (χ3v) is 3.79. The van der Waals surface area contributed by atoms with Crippen molar-refractivity contribution in [3.05, 3.63) is 33.9 Å². The molecular formula is C14H22N4O. The molecule has 0 saturated heterocycles. The lowest BCUT2D eigenvalue weighted by Crippen LogP contribution is -2.21. The highest BCUT2D eigenvalue weighted by Gasteiger charge is 2.14. The Balaban J connectivity index is 2.61. The molecule has 2 heterocycles. The molecule has 2 rings (SSSR count). The summed E-state index contributed by atoms with van der Waals surface area (Å²) in [5.41, 5.74) is 8.31. The highest BCUT2D eigenvalue weighted by molar-refractivity contribution is 5.42. The van der Waals surface area contributed by atoms with E-state index >= 15 is 0 Å². The molecule has 2 aromatic heterocycles. The summed E-state index contributed by atoms with van der Waals surface area (Å²) in [5, 5.41) is 4.47. The van der Waals surface area contributed by atoms with Crippen LogP contribution in [0, 0.1) is 0 Å². The van der Waals surface area contributed by atoms with Crippen molar-refractivity contribution in [2.75, 3.05) is 6.54 Å². The number of nitrogens with zero attached hydrogens (tertiary/aromatic N) is 3. The van der Waals surface area contributed by atoms with E-state index in [1.807, 2.05) is 17.7 Å². The fraction of sp³-hybridized carbons (Fsp3) is 0.571. The van der Waals surface area contributed by atoms with Crippen molar-refractivity contribution in [1.29, 1.82) is 0 Å². The number of hydrogen-bond donors (Lipinski definition) is 1. The van der Waals surface area contributed by atoms with E-state index in [1.54, 1.807) is 6.07 Å². The summed E-state index contributed by atoms with van der Waals surface area (Å²) in [5.74, 6) is 0.414. The van der Waals surface area contributed by atoms with E-state index in [0.29, 0.717) is 18.9 Å². The minimum atomic E-state index is -0.0752. The number of rotatable bonds is 5. The number of hydrogen-bond acceptors (Lipinski definition) is 3. The largest absolute Gasteiger partial charge is 0.333 e.